The molecule has 2 heterocycles. The molecule has 0 N–H and O–H groups in total. The van der Waals surface area contributed by atoms with Crippen LogP contribution in [0.3, 0.4) is 0 Å². The van der Waals surface area contributed by atoms with E-state index in [2.05, 4.69) is 15.0 Å². The van der Waals surface area contributed by atoms with E-state index in [4.69, 9.17) is 14.0 Å². The van der Waals surface area contributed by atoms with Gasteiger partial charge in [-0.25, -0.2) is 4.79 Å². The normalized spacial score (nSPS) is 17.6. The molecule has 1 aromatic heterocycles. The monoisotopic (exact) mass is 413 g/mol. The Balaban J connectivity index is 1.16. The van der Waals surface area contributed by atoms with Crippen molar-refractivity contribution in [3.8, 4) is 5.75 Å². The molecule has 7 heteroatoms. The number of carbonyl (C=O) groups is 1. The van der Waals surface area contributed by atoms with Crippen molar-refractivity contribution in [2.24, 2.45) is 5.92 Å². The van der Waals surface area contributed by atoms with Crippen LogP contribution in [0.1, 0.15) is 72.6 Å². The zero-order valence-electron chi connectivity index (χ0n) is 17.9. The maximum atomic E-state index is 11.7. The minimum Gasteiger partial charge on any atom is -0.494 e. The number of anilines is 1. The number of esters is 1. The molecule has 1 aliphatic heterocycles. The van der Waals surface area contributed by atoms with Crippen LogP contribution in [0.25, 0.3) is 0 Å². The number of piperidine rings is 1. The van der Waals surface area contributed by atoms with Crippen LogP contribution < -0.4 is 9.64 Å². The number of carbonyl (C=O) groups excluding carboxylic acids is 1. The van der Waals surface area contributed by atoms with Gasteiger partial charge in [0, 0.05) is 19.0 Å². The van der Waals surface area contributed by atoms with E-state index in [1.54, 1.807) is 6.07 Å². The fourth-order valence-corrected chi connectivity index (χ4v) is 4.23. The first kappa shape index (κ1) is 20.7. The molecule has 1 saturated carbocycles. The van der Waals surface area contributed by atoms with Crippen LogP contribution in [0.4, 0.5) is 6.01 Å². The Bertz CT molecular complexity index is 854. The number of aromatic nitrogens is 2. The second-order valence-corrected chi connectivity index (χ2v) is 8.45. The van der Waals surface area contributed by atoms with E-state index in [0.29, 0.717) is 30.0 Å². The molecule has 0 bridgehead atoms. The summed E-state index contributed by atoms with van der Waals surface area (Å²) in [6.07, 6.45) is 8.14. The molecule has 4 rings (SSSR count). The van der Waals surface area contributed by atoms with Crippen molar-refractivity contribution in [2.75, 3.05) is 31.7 Å². The summed E-state index contributed by atoms with van der Waals surface area (Å²) < 4.78 is 16.2. The van der Waals surface area contributed by atoms with Crippen molar-refractivity contribution < 1.29 is 18.8 Å². The number of hydrogen-bond donors (Lipinski definition) is 0. The molecule has 0 spiro atoms. The van der Waals surface area contributed by atoms with Crippen molar-refractivity contribution in [3.05, 3.63) is 35.2 Å². The van der Waals surface area contributed by atoms with E-state index in [1.807, 2.05) is 19.1 Å². The molecule has 2 aliphatic rings. The summed E-state index contributed by atoms with van der Waals surface area (Å²) in [7, 11) is 1.39. The van der Waals surface area contributed by atoms with Crippen LogP contribution in [0.15, 0.2) is 22.7 Å². The van der Waals surface area contributed by atoms with Crippen LogP contribution in [0.2, 0.25) is 0 Å². The Labute approximate surface area is 177 Å². The molecule has 2 fully saturated rings. The number of aryl methyl sites for hydroxylation is 1. The van der Waals surface area contributed by atoms with E-state index >= 15 is 0 Å². The van der Waals surface area contributed by atoms with E-state index in [-0.39, 0.29) is 5.97 Å². The summed E-state index contributed by atoms with van der Waals surface area (Å²) in [6.45, 7) is 4.54. The molecule has 0 amide bonds. The van der Waals surface area contributed by atoms with Gasteiger partial charge in [-0.2, -0.15) is 4.98 Å². The quantitative estimate of drug-likeness (QED) is 0.465. The lowest BCUT2D eigenvalue weighted by atomic mass is 9.85. The second-order valence-electron chi connectivity index (χ2n) is 8.45. The number of rotatable bonds is 8. The Hall–Kier alpha value is -2.57. The predicted octanol–water partition coefficient (Wildman–Crippen LogP) is 4.51. The van der Waals surface area contributed by atoms with Crippen molar-refractivity contribution in [1.82, 2.24) is 10.1 Å². The summed E-state index contributed by atoms with van der Waals surface area (Å²) in [5.74, 6) is 2.60. The van der Waals surface area contributed by atoms with E-state index in [1.165, 1.54) is 26.4 Å². The lowest BCUT2D eigenvalue weighted by molar-refractivity contribution is 0.0600. The summed E-state index contributed by atoms with van der Waals surface area (Å²) in [5.41, 5.74) is 1.45. The fraction of sp³-hybridized carbons (Fsp3) is 0.609. The van der Waals surface area contributed by atoms with Gasteiger partial charge in [0.05, 0.1) is 19.3 Å². The lowest BCUT2D eigenvalue weighted by Crippen LogP contribution is -2.34. The van der Waals surface area contributed by atoms with Crippen LogP contribution in [0.5, 0.6) is 5.75 Å². The van der Waals surface area contributed by atoms with Crippen molar-refractivity contribution in [3.63, 3.8) is 0 Å². The van der Waals surface area contributed by atoms with Gasteiger partial charge in [-0.1, -0.05) is 11.6 Å². The Morgan fingerprint density at radius 1 is 1.23 bits per heavy atom. The smallest absolute Gasteiger partial charge is 0.338 e. The van der Waals surface area contributed by atoms with Gasteiger partial charge < -0.3 is 18.9 Å². The van der Waals surface area contributed by atoms with Crippen LogP contribution in [0, 0.1) is 12.8 Å². The number of methoxy groups -OCH3 is 1. The van der Waals surface area contributed by atoms with E-state index in [9.17, 15) is 4.79 Å². The van der Waals surface area contributed by atoms with Gasteiger partial charge in [0.25, 0.3) is 0 Å². The van der Waals surface area contributed by atoms with Crippen molar-refractivity contribution >= 4 is 12.0 Å². The molecule has 2 aromatic rings. The third kappa shape index (κ3) is 4.77. The highest BCUT2D eigenvalue weighted by Crippen LogP contribution is 2.35. The molecular formula is C23H31N3O4. The standard InChI is InChI=1S/C23H31N3O4/c1-16-15-19(8-9-20(16)22(27)28-2)29-14-4-5-17-10-12-26(13-11-17)23-24-21(25-30-23)18-6-3-7-18/h8-9,15,17-18H,3-7,10-14H2,1-2H3. The van der Waals surface area contributed by atoms with Crippen LogP contribution in [-0.2, 0) is 4.74 Å². The van der Waals surface area contributed by atoms with Gasteiger partial charge in [0.1, 0.15) is 5.75 Å². The highest BCUT2D eigenvalue weighted by atomic mass is 16.5. The zero-order chi connectivity index (χ0) is 20.9. The highest BCUT2D eigenvalue weighted by molar-refractivity contribution is 5.91. The summed E-state index contributed by atoms with van der Waals surface area (Å²) >= 11 is 0. The highest BCUT2D eigenvalue weighted by Gasteiger charge is 2.27. The molecule has 0 atom stereocenters. The summed E-state index contributed by atoms with van der Waals surface area (Å²) in [5, 5.41) is 4.18. The zero-order valence-corrected chi connectivity index (χ0v) is 17.9. The van der Waals surface area contributed by atoms with Crippen LogP contribution in [-0.4, -0.2) is 42.9 Å². The van der Waals surface area contributed by atoms with E-state index in [0.717, 1.165) is 55.9 Å². The predicted molar refractivity (Wildman–Crippen MR) is 113 cm³/mol. The first-order chi connectivity index (χ1) is 14.6. The van der Waals surface area contributed by atoms with Crippen molar-refractivity contribution in [1.29, 1.82) is 0 Å². The number of hydrogen-bond acceptors (Lipinski definition) is 7. The average Bonchev–Trinajstić information content (AvgIpc) is 3.19. The Morgan fingerprint density at radius 2 is 2.03 bits per heavy atom. The van der Waals surface area contributed by atoms with E-state index < -0.39 is 0 Å². The van der Waals surface area contributed by atoms with Gasteiger partial charge in [-0.3, -0.25) is 0 Å². The average molecular weight is 414 g/mol. The topological polar surface area (TPSA) is 77.7 Å². The second kappa shape index (κ2) is 9.49. The molecule has 162 valence electrons. The number of nitrogens with zero attached hydrogens (tertiary/aromatic N) is 3. The van der Waals surface area contributed by atoms with Crippen LogP contribution >= 0.6 is 0 Å². The minimum atomic E-state index is -0.315. The first-order valence-corrected chi connectivity index (χ1v) is 11.0. The maximum absolute atomic E-state index is 11.7. The summed E-state index contributed by atoms with van der Waals surface area (Å²) in [4.78, 5) is 18.5. The largest absolute Gasteiger partial charge is 0.494 e. The molecule has 30 heavy (non-hydrogen) atoms. The third-order valence-electron chi connectivity index (χ3n) is 6.42. The van der Waals surface area contributed by atoms with Crippen molar-refractivity contribution in [2.45, 2.75) is 57.8 Å². The SMILES string of the molecule is COC(=O)c1ccc(OCCCC2CCN(c3nc(C4CCC4)no3)CC2)cc1C. The Morgan fingerprint density at radius 3 is 2.70 bits per heavy atom. The lowest BCUT2D eigenvalue weighted by Gasteiger charge is -2.30. The number of benzene rings is 1. The molecular weight excluding hydrogens is 382 g/mol. The maximum Gasteiger partial charge on any atom is 0.338 e. The van der Waals surface area contributed by atoms with Gasteiger partial charge in [0.15, 0.2) is 5.82 Å². The third-order valence-corrected chi connectivity index (χ3v) is 6.42. The molecule has 1 aliphatic carbocycles. The summed E-state index contributed by atoms with van der Waals surface area (Å²) in [6, 6.07) is 6.19. The Kier molecular flexibility index (Phi) is 6.55. The molecule has 0 unspecified atom stereocenters. The van der Waals surface area contributed by atoms with Gasteiger partial charge in [-0.15, -0.1) is 0 Å². The molecule has 1 saturated heterocycles. The van der Waals surface area contributed by atoms with Gasteiger partial charge in [-0.05, 0) is 75.1 Å². The fourth-order valence-electron chi connectivity index (χ4n) is 4.23. The molecule has 7 nitrogen and oxygen atoms in total. The minimum absolute atomic E-state index is 0.315. The number of ether oxygens (including phenoxy) is 2. The molecule has 1 aromatic carbocycles. The van der Waals surface area contributed by atoms with Gasteiger partial charge in [0.2, 0.25) is 0 Å². The van der Waals surface area contributed by atoms with Gasteiger partial charge >= 0.3 is 12.0 Å². The first-order valence-electron chi connectivity index (χ1n) is 11.0. The molecule has 0 radical (unpaired) electrons.